The summed E-state index contributed by atoms with van der Waals surface area (Å²) in [5.41, 5.74) is 4.19. The minimum Gasteiger partial charge on any atom is -0.141 e. The van der Waals surface area contributed by atoms with Gasteiger partial charge in [-0.3, -0.25) is 0 Å². The van der Waals surface area contributed by atoms with Crippen molar-refractivity contribution in [3.05, 3.63) is 57.3 Å². The first-order valence-corrected chi connectivity index (χ1v) is 10.9. The second kappa shape index (κ2) is 5.41. The van der Waals surface area contributed by atoms with Crippen LogP contribution in [-0.2, 0) is 0 Å². The highest BCUT2D eigenvalue weighted by Crippen LogP contribution is 2.43. The summed E-state index contributed by atoms with van der Waals surface area (Å²) in [5.74, 6) is 0. The Morgan fingerprint density at radius 2 is 1.24 bits per heavy atom. The van der Waals surface area contributed by atoms with Gasteiger partial charge in [0, 0.05) is 28.7 Å². The highest BCUT2D eigenvalue weighted by molar-refractivity contribution is 7.23. The Kier molecular flexibility index (Phi) is 3.37. The standard InChI is InChI=1S/C22H18S3/c1-11-5-15-6-12(2)23-19(15)9-17(11)22-14(4)18-10-20-16(7-13(3)24-20)8-21(18)25-22/h5-10H,1-4H3. The van der Waals surface area contributed by atoms with E-state index in [1.165, 1.54) is 61.6 Å². The van der Waals surface area contributed by atoms with Crippen molar-refractivity contribution in [1.29, 1.82) is 0 Å². The van der Waals surface area contributed by atoms with Crippen molar-refractivity contribution in [2.75, 3.05) is 0 Å². The Labute approximate surface area is 159 Å². The number of fused-ring (bicyclic) bond motifs is 3. The van der Waals surface area contributed by atoms with Gasteiger partial charge in [0.15, 0.2) is 0 Å². The molecule has 0 saturated heterocycles. The van der Waals surface area contributed by atoms with Gasteiger partial charge in [-0.25, -0.2) is 0 Å². The first-order chi connectivity index (χ1) is 12.0. The molecule has 0 amide bonds. The van der Waals surface area contributed by atoms with Crippen molar-refractivity contribution in [3.63, 3.8) is 0 Å². The summed E-state index contributed by atoms with van der Waals surface area (Å²) in [5, 5.41) is 4.17. The van der Waals surface area contributed by atoms with Gasteiger partial charge in [0.1, 0.15) is 0 Å². The molecule has 0 N–H and O–H groups in total. The maximum atomic E-state index is 2.40. The first kappa shape index (κ1) is 15.6. The van der Waals surface area contributed by atoms with Crippen LogP contribution in [0.4, 0.5) is 0 Å². The molecule has 0 radical (unpaired) electrons. The van der Waals surface area contributed by atoms with E-state index in [9.17, 15) is 0 Å². The van der Waals surface area contributed by atoms with Crippen molar-refractivity contribution in [1.82, 2.24) is 0 Å². The average molecular weight is 379 g/mol. The fourth-order valence-electron chi connectivity index (χ4n) is 3.72. The van der Waals surface area contributed by atoms with E-state index < -0.39 is 0 Å². The minimum atomic E-state index is 1.37. The third-order valence-electron chi connectivity index (χ3n) is 4.93. The SMILES string of the molecule is Cc1cc2cc(C)c(-c3sc4cc5cc(C)sc5cc4c3C)cc2s1. The van der Waals surface area contributed by atoms with Crippen LogP contribution in [-0.4, -0.2) is 0 Å². The summed E-state index contributed by atoms with van der Waals surface area (Å²) < 4.78 is 4.20. The van der Waals surface area contributed by atoms with Gasteiger partial charge in [0.25, 0.3) is 0 Å². The fraction of sp³-hybridized carbons (Fsp3) is 0.182. The van der Waals surface area contributed by atoms with Gasteiger partial charge in [-0.1, -0.05) is 0 Å². The predicted molar refractivity (Wildman–Crippen MR) is 117 cm³/mol. The highest BCUT2D eigenvalue weighted by Gasteiger charge is 2.15. The molecule has 2 aromatic carbocycles. The summed E-state index contributed by atoms with van der Waals surface area (Å²) in [6.45, 7) is 8.91. The van der Waals surface area contributed by atoms with Gasteiger partial charge in [0.2, 0.25) is 0 Å². The van der Waals surface area contributed by atoms with E-state index in [1.54, 1.807) is 0 Å². The van der Waals surface area contributed by atoms with Gasteiger partial charge in [0.05, 0.1) is 0 Å². The topological polar surface area (TPSA) is 0 Å². The van der Waals surface area contributed by atoms with E-state index in [-0.39, 0.29) is 0 Å². The van der Waals surface area contributed by atoms with Crippen molar-refractivity contribution >= 4 is 64.3 Å². The Hall–Kier alpha value is -1.68. The molecular formula is C22H18S3. The molecule has 0 spiro atoms. The van der Waals surface area contributed by atoms with Crippen LogP contribution < -0.4 is 0 Å². The van der Waals surface area contributed by atoms with Crippen LogP contribution in [0.2, 0.25) is 0 Å². The van der Waals surface area contributed by atoms with Crippen molar-refractivity contribution < 1.29 is 0 Å². The number of aryl methyl sites for hydroxylation is 4. The van der Waals surface area contributed by atoms with Gasteiger partial charge in [-0.05, 0) is 96.9 Å². The maximum absolute atomic E-state index is 2.40. The zero-order valence-electron chi connectivity index (χ0n) is 14.7. The third kappa shape index (κ3) is 2.37. The van der Waals surface area contributed by atoms with Gasteiger partial charge in [-0.2, -0.15) is 0 Å². The van der Waals surface area contributed by atoms with E-state index in [4.69, 9.17) is 0 Å². The van der Waals surface area contributed by atoms with Crippen LogP contribution >= 0.6 is 34.0 Å². The van der Waals surface area contributed by atoms with E-state index in [1.807, 2.05) is 34.0 Å². The summed E-state index contributed by atoms with van der Waals surface area (Å²) in [6.07, 6.45) is 0. The van der Waals surface area contributed by atoms with Gasteiger partial charge in [-0.15, -0.1) is 34.0 Å². The van der Waals surface area contributed by atoms with Crippen molar-refractivity contribution in [2.24, 2.45) is 0 Å². The molecule has 3 aromatic heterocycles. The lowest BCUT2D eigenvalue weighted by Gasteiger charge is -2.05. The molecule has 3 heterocycles. The van der Waals surface area contributed by atoms with Crippen LogP contribution in [0.15, 0.2) is 36.4 Å². The lowest BCUT2D eigenvalue weighted by atomic mass is 10.0. The number of rotatable bonds is 1. The van der Waals surface area contributed by atoms with E-state index >= 15 is 0 Å². The molecule has 0 bridgehead atoms. The smallest absolute Gasteiger partial charge is 0.0387 e. The molecule has 3 heteroatoms. The summed E-state index contributed by atoms with van der Waals surface area (Å²) in [6, 6.07) is 14.1. The monoisotopic (exact) mass is 378 g/mol. The lowest BCUT2D eigenvalue weighted by Crippen LogP contribution is -1.82. The highest BCUT2D eigenvalue weighted by atomic mass is 32.1. The number of thiophene rings is 3. The van der Waals surface area contributed by atoms with Crippen molar-refractivity contribution in [3.8, 4) is 10.4 Å². The van der Waals surface area contributed by atoms with Gasteiger partial charge < -0.3 is 0 Å². The molecule has 0 atom stereocenters. The molecule has 0 aliphatic heterocycles. The predicted octanol–water partition coefficient (Wildman–Crippen LogP) is 8.23. The van der Waals surface area contributed by atoms with Crippen molar-refractivity contribution in [2.45, 2.75) is 27.7 Å². The van der Waals surface area contributed by atoms with Crippen LogP contribution in [0.1, 0.15) is 20.9 Å². The van der Waals surface area contributed by atoms with Crippen LogP contribution in [0.3, 0.4) is 0 Å². The zero-order valence-corrected chi connectivity index (χ0v) is 17.1. The van der Waals surface area contributed by atoms with E-state index in [0.717, 1.165) is 0 Å². The molecule has 0 saturated carbocycles. The van der Waals surface area contributed by atoms with Crippen LogP contribution in [0, 0.1) is 27.7 Å². The molecule has 0 nitrogen and oxygen atoms in total. The largest absolute Gasteiger partial charge is 0.141 e. The van der Waals surface area contributed by atoms with E-state index in [2.05, 4.69) is 64.1 Å². The summed E-state index contributed by atoms with van der Waals surface area (Å²) >= 11 is 5.73. The number of hydrogen-bond donors (Lipinski definition) is 0. The first-order valence-electron chi connectivity index (χ1n) is 8.44. The quantitative estimate of drug-likeness (QED) is 0.275. The Morgan fingerprint density at radius 3 is 1.96 bits per heavy atom. The Balaban J connectivity index is 1.79. The second-order valence-corrected chi connectivity index (χ2v) is 10.5. The molecule has 5 rings (SSSR count). The minimum absolute atomic E-state index is 1.37. The number of benzene rings is 2. The second-order valence-electron chi connectivity index (χ2n) is 6.86. The van der Waals surface area contributed by atoms with Gasteiger partial charge >= 0.3 is 0 Å². The number of hydrogen-bond acceptors (Lipinski definition) is 3. The Morgan fingerprint density at radius 1 is 0.600 bits per heavy atom. The zero-order chi connectivity index (χ0) is 17.3. The summed E-state index contributed by atoms with van der Waals surface area (Å²) in [7, 11) is 0. The lowest BCUT2D eigenvalue weighted by molar-refractivity contribution is 1.49. The third-order valence-corrected chi connectivity index (χ3v) is 8.24. The summed E-state index contributed by atoms with van der Waals surface area (Å²) in [4.78, 5) is 4.20. The molecular weight excluding hydrogens is 360 g/mol. The maximum Gasteiger partial charge on any atom is 0.0387 e. The van der Waals surface area contributed by atoms with Crippen LogP contribution in [0.25, 0.3) is 40.7 Å². The molecule has 0 aliphatic carbocycles. The molecule has 25 heavy (non-hydrogen) atoms. The van der Waals surface area contributed by atoms with Crippen LogP contribution in [0.5, 0.6) is 0 Å². The molecule has 0 unspecified atom stereocenters. The molecule has 124 valence electrons. The normalized spacial score (nSPS) is 12.0. The molecule has 0 aliphatic rings. The molecule has 5 aromatic rings. The average Bonchev–Trinajstić information content (AvgIpc) is 3.18. The van der Waals surface area contributed by atoms with E-state index in [0.29, 0.717) is 0 Å². The Bertz CT molecular complexity index is 1280. The molecule has 0 fully saturated rings. The fourth-order valence-corrected chi connectivity index (χ4v) is 6.93.